The second kappa shape index (κ2) is 10.9. The average molecular weight is 497 g/mol. The standard InChI is InChI=1S/C26H29FN4O3S/c1-2-19-6-9-23(10-7-19)35(33,34)30-24-17-21(8-11-25(24)31-14-12-28-13-15-31)26(32)29-18-20-4-3-5-22(27)16-20/h3-11,16-17,28,30H,2,12-15,18H2,1H3,(H,29,32). The maximum absolute atomic E-state index is 13.4. The van der Waals surface area contributed by atoms with Gasteiger partial charge in [0.15, 0.2) is 0 Å². The lowest BCUT2D eigenvalue weighted by molar-refractivity contribution is 0.0951. The molecule has 0 saturated carbocycles. The Morgan fingerprint density at radius 3 is 2.43 bits per heavy atom. The third-order valence-electron chi connectivity index (χ3n) is 5.94. The molecule has 0 aromatic heterocycles. The number of halogens is 1. The smallest absolute Gasteiger partial charge is 0.261 e. The number of carbonyl (C=O) groups excluding carboxylic acids is 1. The van der Waals surface area contributed by atoms with Crippen molar-refractivity contribution < 1.29 is 17.6 Å². The first-order valence-corrected chi connectivity index (χ1v) is 13.1. The molecule has 0 bridgehead atoms. The van der Waals surface area contributed by atoms with Gasteiger partial charge in [-0.25, -0.2) is 12.8 Å². The van der Waals surface area contributed by atoms with Crippen LogP contribution >= 0.6 is 0 Å². The van der Waals surface area contributed by atoms with E-state index in [1.165, 1.54) is 12.1 Å². The minimum absolute atomic E-state index is 0.154. The number of hydrogen-bond donors (Lipinski definition) is 3. The molecule has 0 spiro atoms. The number of rotatable bonds is 8. The molecule has 7 nitrogen and oxygen atoms in total. The van der Waals surface area contributed by atoms with Crippen molar-refractivity contribution >= 4 is 27.3 Å². The van der Waals surface area contributed by atoms with Gasteiger partial charge in [0.2, 0.25) is 0 Å². The first kappa shape index (κ1) is 24.7. The normalized spacial score (nSPS) is 13.9. The van der Waals surface area contributed by atoms with Crippen LogP contribution in [0.2, 0.25) is 0 Å². The van der Waals surface area contributed by atoms with Crippen LogP contribution in [0.25, 0.3) is 0 Å². The Kier molecular flexibility index (Phi) is 7.67. The number of nitrogens with one attached hydrogen (secondary N) is 3. The average Bonchev–Trinajstić information content (AvgIpc) is 2.87. The van der Waals surface area contributed by atoms with Crippen LogP contribution in [0.4, 0.5) is 15.8 Å². The summed E-state index contributed by atoms with van der Waals surface area (Å²) in [5.41, 5.74) is 3.03. The van der Waals surface area contributed by atoms with Crippen molar-refractivity contribution in [2.75, 3.05) is 35.8 Å². The second-order valence-electron chi connectivity index (χ2n) is 8.38. The van der Waals surface area contributed by atoms with Crippen LogP contribution in [0.1, 0.15) is 28.4 Å². The highest BCUT2D eigenvalue weighted by Gasteiger charge is 2.21. The summed E-state index contributed by atoms with van der Waals surface area (Å²) in [6.07, 6.45) is 0.813. The molecule has 1 aliphatic heterocycles. The highest BCUT2D eigenvalue weighted by Crippen LogP contribution is 2.30. The lowest BCUT2D eigenvalue weighted by atomic mass is 10.1. The molecule has 184 valence electrons. The summed E-state index contributed by atoms with van der Waals surface area (Å²) in [6, 6.07) is 17.8. The van der Waals surface area contributed by atoms with Crippen molar-refractivity contribution in [2.45, 2.75) is 24.8 Å². The Balaban J connectivity index is 1.60. The van der Waals surface area contributed by atoms with E-state index in [4.69, 9.17) is 0 Å². The van der Waals surface area contributed by atoms with E-state index in [1.807, 2.05) is 6.92 Å². The first-order valence-electron chi connectivity index (χ1n) is 11.6. The molecule has 0 radical (unpaired) electrons. The summed E-state index contributed by atoms with van der Waals surface area (Å²) in [4.78, 5) is 15.1. The van der Waals surface area contributed by atoms with Crippen molar-refractivity contribution in [3.8, 4) is 0 Å². The molecule has 1 fully saturated rings. The van der Waals surface area contributed by atoms with Gasteiger partial charge >= 0.3 is 0 Å². The maximum Gasteiger partial charge on any atom is 0.261 e. The van der Waals surface area contributed by atoms with E-state index < -0.39 is 10.0 Å². The summed E-state index contributed by atoms with van der Waals surface area (Å²) in [5, 5.41) is 6.05. The summed E-state index contributed by atoms with van der Waals surface area (Å²) in [5.74, 6) is -0.755. The third-order valence-corrected chi connectivity index (χ3v) is 7.33. The van der Waals surface area contributed by atoms with Crippen molar-refractivity contribution in [3.05, 3.63) is 89.2 Å². The van der Waals surface area contributed by atoms with E-state index in [2.05, 4.69) is 20.3 Å². The summed E-state index contributed by atoms with van der Waals surface area (Å²) < 4.78 is 42.5. The number of nitrogens with zero attached hydrogens (tertiary/aromatic N) is 1. The lowest BCUT2D eigenvalue weighted by Gasteiger charge is -2.31. The number of aryl methyl sites for hydroxylation is 1. The molecule has 3 N–H and O–H groups in total. The molecule has 0 atom stereocenters. The number of carbonyl (C=O) groups is 1. The lowest BCUT2D eigenvalue weighted by Crippen LogP contribution is -2.43. The van der Waals surface area contributed by atoms with E-state index in [0.29, 0.717) is 35.6 Å². The topological polar surface area (TPSA) is 90.5 Å². The monoisotopic (exact) mass is 496 g/mol. The Hall–Kier alpha value is -3.43. The van der Waals surface area contributed by atoms with Crippen LogP contribution in [-0.4, -0.2) is 40.5 Å². The fraction of sp³-hybridized carbons (Fsp3) is 0.269. The van der Waals surface area contributed by atoms with Crippen LogP contribution in [0.15, 0.2) is 71.6 Å². The molecule has 35 heavy (non-hydrogen) atoms. The van der Waals surface area contributed by atoms with Gasteiger partial charge in [-0.15, -0.1) is 0 Å². The molecule has 0 unspecified atom stereocenters. The Bertz CT molecular complexity index is 1290. The first-order chi connectivity index (χ1) is 16.9. The van der Waals surface area contributed by atoms with E-state index in [1.54, 1.807) is 54.6 Å². The SMILES string of the molecule is CCc1ccc(S(=O)(=O)Nc2cc(C(=O)NCc3cccc(F)c3)ccc2N2CCNCC2)cc1. The predicted molar refractivity (Wildman–Crippen MR) is 136 cm³/mol. The number of piperazine rings is 1. The van der Waals surface area contributed by atoms with Crippen LogP contribution in [0.5, 0.6) is 0 Å². The number of benzene rings is 3. The predicted octanol–water partition coefficient (Wildman–Crippen LogP) is 3.53. The highest BCUT2D eigenvalue weighted by molar-refractivity contribution is 7.92. The van der Waals surface area contributed by atoms with E-state index >= 15 is 0 Å². The zero-order valence-electron chi connectivity index (χ0n) is 19.6. The van der Waals surface area contributed by atoms with Crippen molar-refractivity contribution in [2.24, 2.45) is 0 Å². The molecule has 1 aliphatic rings. The van der Waals surface area contributed by atoms with Gasteiger partial charge in [-0.2, -0.15) is 0 Å². The number of sulfonamides is 1. The summed E-state index contributed by atoms with van der Waals surface area (Å²) in [6.45, 7) is 5.14. The molecule has 4 rings (SSSR count). The van der Waals surface area contributed by atoms with Gasteiger partial charge < -0.3 is 15.5 Å². The summed E-state index contributed by atoms with van der Waals surface area (Å²) >= 11 is 0. The maximum atomic E-state index is 13.4. The van der Waals surface area contributed by atoms with E-state index in [-0.39, 0.29) is 23.2 Å². The molecule has 3 aromatic rings. The zero-order valence-corrected chi connectivity index (χ0v) is 20.4. The van der Waals surface area contributed by atoms with Gasteiger partial charge in [-0.1, -0.05) is 31.2 Å². The summed E-state index contributed by atoms with van der Waals surface area (Å²) in [7, 11) is -3.87. The third kappa shape index (κ3) is 6.17. The van der Waals surface area contributed by atoms with E-state index in [9.17, 15) is 17.6 Å². The van der Waals surface area contributed by atoms with Gasteiger partial charge in [-0.3, -0.25) is 9.52 Å². The van der Waals surface area contributed by atoms with Crippen LogP contribution < -0.4 is 20.3 Å². The molecular formula is C26H29FN4O3S. The van der Waals surface area contributed by atoms with Crippen LogP contribution in [-0.2, 0) is 23.0 Å². The molecule has 0 aliphatic carbocycles. The Morgan fingerprint density at radius 2 is 1.74 bits per heavy atom. The zero-order chi connectivity index (χ0) is 24.8. The van der Waals surface area contributed by atoms with Crippen LogP contribution in [0, 0.1) is 5.82 Å². The number of hydrogen-bond acceptors (Lipinski definition) is 5. The Labute approximate surface area is 205 Å². The van der Waals surface area contributed by atoms with Gasteiger partial charge in [0, 0.05) is 38.3 Å². The van der Waals surface area contributed by atoms with Crippen molar-refractivity contribution in [1.82, 2.24) is 10.6 Å². The molecule has 3 aromatic carbocycles. The van der Waals surface area contributed by atoms with Crippen molar-refractivity contribution in [3.63, 3.8) is 0 Å². The molecule has 1 heterocycles. The molecule has 9 heteroatoms. The minimum atomic E-state index is -3.87. The quantitative estimate of drug-likeness (QED) is 0.444. The van der Waals surface area contributed by atoms with E-state index in [0.717, 1.165) is 25.1 Å². The fourth-order valence-corrected chi connectivity index (χ4v) is 5.05. The number of amides is 1. The second-order valence-corrected chi connectivity index (χ2v) is 10.1. The van der Waals surface area contributed by atoms with Gasteiger partial charge in [0.25, 0.3) is 15.9 Å². The highest BCUT2D eigenvalue weighted by atomic mass is 32.2. The van der Waals surface area contributed by atoms with Gasteiger partial charge in [-0.05, 0) is 60.0 Å². The molecule has 1 saturated heterocycles. The van der Waals surface area contributed by atoms with Gasteiger partial charge in [0.1, 0.15) is 5.82 Å². The van der Waals surface area contributed by atoms with Gasteiger partial charge in [0.05, 0.1) is 16.3 Å². The van der Waals surface area contributed by atoms with Crippen LogP contribution in [0.3, 0.4) is 0 Å². The molecular weight excluding hydrogens is 467 g/mol. The Morgan fingerprint density at radius 1 is 1.00 bits per heavy atom. The van der Waals surface area contributed by atoms with Crippen molar-refractivity contribution in [1.29, 1.82) is 0 Å². The largest absolute Gasteiger partial charge is 0.367 e. The number of anilines is 2. The molecule has 1 amide bonds. The fourth-order valence-electron chi connectivity index (χ4n) is 3.98. The minimum Gasteiger partial charge on any atom is -0.367 e.